The van der Waals surface area contributed by atoms with Crippen molar-refractivity contribution in [3.05, 3.63) is 145 Å². The fraction of sp³-hybridized carbons (Fsp3) is 0. The number of H-pyrrole nitrogens is 1. The molecule has 2 heterocycles. The molecule has 0 aliphatic carbocycles. The van der Waals surface area contributed by atoms with Gasteiger partial charge in [-0.2, -0.15) is 0 Å². The number of benzene rings is 5. The Balaban J connectivity index is 1.46. The van der Waals surface area contributed by atoms with Crippen LogP contribution in [0.25, 0.3) is 43.7 Å². The number of fused-ring (bicyclic) bond motifs is 6. The van der Waals surface area contributed by atoms with Gasteiger partial charge in [0.2, 0.25) is 0 Å². The Morgan fingerprint density at radius 3 is 2.28 bits per heavy atom. The molecule has 0 saturated carbocycles. The minimum atomic E-state index is 1.00. The second-order valence-corrected chi connectivity index (χ2v) is 9.26. The van der Waals surface area contributed by atoms with Gasteiger partial charge in [-0.15, -0.1) is 0 Å². The van der Waals surface area contributed by atoms with Crippen molar-refractivity contribution in [2.24, 2.45) is 0 Å². The van der Waals surface area contributed by atoms with Crippen molar-refractivity contribution in [2.45, 2.75) is 0 Å². The van der Waals surface area contributed by atoms with Gasteiger partial charge in [0.25, 0.3) is 0 Å². The molecule has 1 N–H and O–H groups in total. The number of nitrogens with zero attached hydrogens (tertiary/aromatic N) is 1. The minimum absolute atomic E-state index is 1.00. The zero-order valence-electron chi connectivity index (χ0n) is 19.8. The molecule has 0 spiro atoms. The summed E-state index contributed by atoms with van der Waals surface area (Å²) in [7, 11) is 0. The van der Waals surface area contributed by atoms with Crippen LogP contribution in [0.15, 0.2) is 134 Å². The zero-order valence-corrected chi connectivity index (χ0v) is 19.8. The quantitative estimate of drug-likeness (QED) is 0.273. The number of anilines is 2. The predicted molar refractivity (Wildman–Crippen MR) is 154 cm³/mol. The molecule has 0 bridgehead atoms. The standard InChI is InChI=1S/C34H24N2/c1-23-21-26(25-15-17-32-30(22-25)29-13-7-8-14-31(29)35-32)19-20-36(27-10-3-2-4-11-27)33-18-16-24-9-5-6-12-28(24)34(23)33/h2-22,35H,1H2/b20-19-,26-21+. The Labute approximate surface area is 210 Å². The monoisotopic (exact) mass is 460 g/mol. The lowest BCUT2D eigenvalue weighted by Crippen LogP contribution is -2.12. The van der Waals surface area contributed by atoms with Crippen molar-refractivity contribution in [3.8, 4) is 0 Å². The molecule has 1 aliphatic heterocycles. The number of aromatic nitrogens is 1. The van der Waals surface area contributed by atoms with Gasteiger partial charge in [-0.1, -0.05) is 79.4 Å². The highest BCUT2D eigenvalue weighted by atomic mass is 15.1. The summed E-state index contributed by atoms with van der Waals surface area (Å²) in [5.41, 5.74) is 9.01. The number of para-hydroxylation sites is 2. The molecule has 170 valence electrons. The largest absolute Gasteiger partial charge is 0.355 e. The zero-order chi connectivity index (χ0) is 24.1. The molecule has 5 aromatic carbocycles. The Bertz CT molecular complexity index is 1850. The average Bonchev–Trinajstić information content (AvgIpc) is 3.29. The van der Waals surface area contributed by atoms with Crippen LogP contribution < -0.4 is 4.90 Å². The van der Waals surface area contributed by atoms with E-state index in [1.807, 2.05) is 0 Å². The van der Waals surface area contributed by atoms with Gasteiger partial charge in [0.1, 0.15) is 0 Å². The van der Waals surface area contributed by atoms with Gasteiger partial charge in [0.15, 0.2) is 0 Å². The SMILES string of the molecule is C=C1/C=C(c2ccc3[nH]c4ccccc4c3c2)\C=C/N(c2ccccc2)c2ccc3ccccc3c21. The summed E-state index contributed by atoms with van der Waals surface area (Å²) in [5, 5.41) is 4.89. The van der Waals surface area contributed by atoms with E-state index in [4.69, 9.17) is 0 Å². The van der Waals surface area contributed by atoms with Gasteiger partial charge < -0.3 is 9.88 Å². The number of hydrogen-bond donors (Lipinski definition) is 1. The number of rotatable bonds is 2. The fourth-order valence-corrected chi connectivity index (χ4v) is 5.36. The van der Waals surface area contributed by atoms with Crippen LogP contribution in [0.4, 0.5) is 11.4 Å². The first-order chi connectivity index (χ1) is 17.8. The van der Waals surface area contributed by atoms with E-state index in [0.29, 0.717) is 0 Å². The molecule has 0 saturated heterocycles. The Morgan fingerprint density at radius 2 is 1.39 bits per heavy atom. The van der Waals surface area contributed by atoms with Crippen LogP contribution >= 0.6 is 0 Å². The van der Waals surface area contributed by atoms with Crippen molar-refractivity contribution in [3.63, 3.8) is 0 Å². The van der Waals surface area contributed by atoms with Gasteiger partial charge in [-0.25, -0.2) is 0 Å². The lowest BCUT2D eigenvalue weighted by Gasteiger charge is -2.27. The first-order valence-corrected chi connectivity index (χ1v) is 12.2. The lowest BCUT2D eigenvalue weighted by molar-refractivity contribution is 1.28. The molecule has 36 heavy (non-hydrogen) atoms. The van der Waals surface area contributed by atoms with E-state index >= 15 is 0 Å². The third-order valence-corrected chi connectivity index (χ3v) is 7.09. The van der Waals surface area contributed by atoms with Crippen molar-refractivity contribution in [1.29, 1.82) is 0 Å². The van der Waals surface area contributed by atoms with Crippen LogP contribution in [0.3, 0.4) is 0 Å². The van der Waals surface area contributed by atoms with Crippen LogP contribution in [0, 0.1) is 0 Å². The molecular formula is C34H24N2. The van der Waals surface area contributed by atoms with Crippen LogP contribution in [0.2, 0.25) is 0 Å². The number of allylic oxidation sites excluding steroid dienone is 4. The number of hydrogen-bond acceptors (Lipinski definition) is 1. The normalized spacial score (nSPS) is 15.9. The smallest absolute Gasteiger partial charge is 0.0540 e. The van der Waals surface area contributed by atoms with E-state index in [0.717, 1.165) is 39.1 Å². The molecule has 2 heteroatoms. The van der Waals surface area contributed by atoms with Crippen LogP contribution in [-0.2, 0) is 0 Å². The van der Waals surface area contributed by atoms with Gasteiger partial charge in [-0.05, 0) is 76.0 Å². The lowest BCUT2D eigenvalue weighted by atomic mass is 9.92. The van der Waals surface area contributed by atoms with Crippen molar-refractivity contribution in [1.82, 2.24) is 4.98 Å². The Hall–Kier alpha value is -4.82. The van der Waals surface area contributed by atoms with Crippen molar-refractivity contribution >= 4 is 55.1 Å². The molecule has 1 aliphatic rings. The molecule has 0 atom stereocenters. The summed E-state index contributed by atoms with van der Waals surface area (Å²) < 4.78 is 0. The maximum atomic E-state index is 4.57. The summed E-state index contributed by atoms with van der Waals surface area (Å²) >= 11 is 0. The molecular weight excluding hydrogens is 436 g/mol. The topological polar surface area (TPSA) is 19.0 Å². The summed E-state index contributed by atoms with van der Waals surface area (Å²) in [4.78, 5) is 5.81. The first-order valence-electron chi connectivity index (χ1n) is 12.2. The van der Waals surface area contributed by atoms with E-state index < -0.39 is 0 Å². The molecule has 2 nitrogen and oxygen atoms in total. The number of aromatic amines is 1. The minimum Gasteiger partial charge on any atom is -0.355 e. The maximum Gasteiger partial charge on any atom is 0.0540 e. The Kier molecular flexibility index (Phi) is 4.65. The van der Waals surface area contributed by atoms with Crippen LogP contribution in [0.1, 0.15) is 11.1 Å². The summed E-state index contributed by atoms with van der Waals surface area (Å²) in [6.07, 6.45) is 6.60. The van der Waals surface area contributed by atoms with E-state index in [1.165, 1.54) is 27.1 Å². The second kappa shape index (κ2) is 8.14. The van der Waals surface area contributed by atoms with E-state index in [2.05, 4.69) is 144 Å². The third-order valence-electron chi connectivity index (χ3n) is 7.09. The molecule has 0 amide bonds. The van der Waals surface area contributed by atoms with Gasteiger partial charge in [0.05, 0.1) is 5.69 Å². The van der Waals surface area contributed by atoms with Gasteiger partial charge in [0, 0.05) is 39.3 Å². The first kappa shape index (κ1) is 20.5. The summed E-state index contributed by atoms with van der Waals surface area (Å²) in [5.74, 6) is 0. The van der Waals surface area contributed by atoms with E-state index in [-0.39, 0.29) is 0 Å². The average molecular weight is 461 g/mol. The predicted octanol–water partition coefficient (Wildman–Crippen LogP) is 9.24. The molecule has 7 rings (SSSR count). The summed E-state index contributed by atoms with van der Waals surface area (Å²) in [6.45, 7) is 4.57. The van der Waals surface area contributed by atoms with Crippen LogP contribution in [-0.4, -0.2) is 4.98 Å². The Morgan fingerprint density at radius 1 is 0.639 bits per heavy atom. The van der Waals surface area contributed by atoms with Gasteiger partial charge in [-0.3, -0.25) is 0 Å². The molecule has 0 radical (unpaired) electrons. The van der Waals surface area contributed by atoms with Crippen molar-refractivity contribution < 1.29 is 0 Å². The van der Waals surface area contributed by atoms with Crippen LogP contribution in [0.5, 0.6) is 0 Å². The highest BCUT2D eigenvalue weighted by molar-refractivity contribution is 6.09. The summed E-state index contributed by atoms with van der Waals surface area (Å²) in [6, 6.07) is 38.6. The molecule has 6 aromatic rings. The molecule has 0 unspecified atom stereocenters. The van der Waals surface area contributed by atoms with Gasteiger partial charge >= 0.3 is 0 Å². The second-order valence-electron chi connectivity index (χ2n) is 9.26. The maximum absolute atomic E-state index is 4.57. The molecule has 0 fully saturated rings. The van der Waals surface area contributed by atoms with E-state index in [1.54, 1.807) is 0 Å². The third kappa shape index (κ3) is 3.27. The van der Waals surface area contributed by atoms with Crippen molar-refractivity contribution in [2.75, 3.05) is 4.90 Å². The fourth-order valence-electron chi connectivity index (χ4n) is 5.36. The highest BCUT2D eigenvalue weighted by Gasteiger charge is 2.18. The molecule has 1 aromatic heterocycles. The van der Waals surface area contributed by atoms with E-state index in [9.17, 15) is 0 Å². The number of nitrogens with one attached hydrogen (secondary N) is 1. The highest BCUT2D eigenvalue weighted by Crippen LogP contribution is 2.41.